The number of nitrogen functional groups attached to an aromatic ring is 1. The van der Waals surface area contributed by atoms with Gasteiger partial charge in [-0.3, -0.25) is 0 Å². The topological polar surface area (TPSA) is 38.0 Å². The standard InChI is InChI=1S/C14H15BrN2/c1-10-3-2-4-11(7-10)9-17-14-6-5-12(16)8-13(14)15/h2-8,17H,9,16H2,1H3. The van der Waals surface area contributed by atoms with E-state index in [2.05, 4.69) is 52.4 Å². The van der Waals surface area contributed by atoms with E-state index in [9.17, 15) is 0 Å². The number of benzene rings is 2. The van der Waals surface area contributed by atoms with Gasteiger partial charge < -0.3 is 11.1 Å². The van der Waals surface area contributed by atoms with Gasteiger partial charge in [-0.2, -0.15) is 0 Å². The van der Waals surface area contributed by atoms with Crippen molar-refractivity contribution in [3.63, 3.8) is 0 Å². The smallest absolute Gasteiger partial charge is 0.0488 e. The molecule has 0 saturated carbocycles. The Balaban J connectivity index is 2.07. The molecule has 0 unspecified atom stereocenters. The lowest BCUT2D eigenvalue weighted by atomic mass is 10.1. The maximum Gasteiger partial charge on any atom is 0.0488 e. The molecule has 17 heavy (non-hydrogen) atoms. The lowest BCUT2D eigenvalue weighted by Crippen LogP contribution is -2.00. The third-order valence-corrected chi connectivity index (χ3v) is 3.21. The number of hydrogen-bond acceptors (Lipinski definition) is 2. The van der Waals surface area contributed by atoms with Crippen molar-refractivity contribution in [2.24, 2.45) is 0 Å². The molecule has 0 radical (unpaired) electrons. The molecule has 0 heterocycles. The van der Waals surface area contributed by atoms with E-state index in [1.54, 1.807) is 0 Å². The second-order valence-electron chi connectivity index (χ2n) is 4.08. The number of hydrogen-bond donors (Lipinski definition) is 2. The highest BCUT2D eigenvalue weighted by molar-refractivity contribution is 9.10. The average molecular weight is 291 g/mol. The van der Waals surface area contributed by atoms with Crippen LogP contribution in [0.25, 0.3) is 0 Å². The molecule has 2 aromatic carbocycles. The van der Waals surface area contributed by atoms with Crippen LogP contribution in [-0.2, 0) is 6.54 Å². The summed E-state index contributed by atoms with van der Waals surface area (Å²) in [4.78, 5) is 0. The second-order valence-corrected chi connectivity index (χ2v) is 4.94. The van der Waals surface area contributed by atoms with Gasteiger partial charge in [0.1, 0.15) is 0 Å². The van der Waals surface area contributed by atoms with Crippen LogP contribution in [0.4, 0.5) is 11.4 Å². The third-order valence-electron chi connectivity index (χ3n) is 2.56. The SMILES string of the molecule is Cc1cccc(CNc2ccc(N)cc2Br)c1. The quantitative estimate of drug-likeness (QED) is 0.840. The van der Waals surface area contributed by atoms with Gasteiger partial charge in [-0.25, -0.2) is 0 Å². The van der Waals surface area contributed by atoms with Gasteiger partial charge in [0.15, 0.2) is 0 Å². The summed E-state index contributed by atoms with van der Waals surface area (Å²) in [6.07, 6.45) is 0. The van der Waals surface area contributed by atoms with E-state index in [0.717, 1.165) is 22.4 Å². The van der Waals surface area contributed by atoms with E-state index in [0.29, 0.717) is 0 Å². The van der Waals surface area contributed by atoms with Gasteiger partial charge >= 0.3 is 0 Å². The summed E-state index contributed by atoms with van der Waals surface area (Å²) < 4.78 is 0.991. The minimum atomic E-state index is 0.762. The Kier molecular flexibility index (Phi) is 3.69. The van der Waals surface area contributed by atoms with Gasteiger partial charge in [-0.05, 0) is 46.6 Å². The zero-order valence-electron chi connectivity index (χ0n) is 9.70. The van der Waals surface area contributed by atoms with Crippen LogP contribution < -0.4 is 11.1 Å². The van der Waals surface area contributed by atoms with Gasteiger partial charge in [-0.1, -0.05) is 29.8 Å². The third kappa shape index (κ3) is 3.24. The molecule has 0 spiro atoms. The summed E-state index contributed by atoms with van der Waals surface area (Å²) in [5.41, 5.74) is 10.1. The van der Waals surface area contributed by atoms with Crippen LogP contribution in [0, 0.1) is 6.92 Å². The largest absolute Gasteiger partial charge is 0.399 e. The first kappa shape index (κ1) is 12.0. The Morgan fingerprint density at radius 1 is 1.18 bits per heavy atom. The fraction of sp³-hybridized carbons (Fsp3) is 0.143. The highest BCUT2D eigenvalue weighted by atomic mass is 79.9. The van der Waals surface area contributed by atoms with Crippen molar-refractivity contribution in [2.75, 3.05) is 11.1 Å². The lowest BCUT2D eigenvalue weighted by Gasteiger charge is -2.09. The molecule has 88 valence electrons. The van der Waals surface area contributed by atoms with Gasteiger partial charge in [0, 0.05) is 22.4 Å². The van der Waals surface area contributed by atoms with Crippen LogP contribution in [0.1, 0.15) is 11.1 Å². The second kappa shape index (κ2) is 5.23. The number of halogens is 1. The van der Waals surface area contributed by atoms with E-state index >= 15 is 0 Å². The Labute approximate surface area is 110 Å². The Hall–Kier alpha value is -1.48. The highest BCUT2D eigenvalue weighted by Crippen LogP contribution is 2.25. The van der Waals surface area contributed by atoms with Crippen molar-refractivity contribution >= 4 is 27.3 Å². The summed E-state index contributed by atoms with van der Waals surface area (Å²) in [5.74, 6) is 0. The number of rotatable bonds is 3. The first-order chi connectivity index (χ1) is 8.15. The van der Waals surface area contributed by atoms with Gasteiger partial charge in [0.05, 0.1) is 0 Å². The molecular formula is C14H15BrN2. The van der Waals surface area contributed by atoms with Crippen molar-refractivity contribution < 1.29 is 0 Å². The molecule has 0 saturated heterocycles. The van der Waals surface area contributed by atoms with E-state index in [1.807, 2.05) is 18.2 Å². The van der Waals surface area contributed by atoms with Crippen molar-refractivity contribution in [2.45, 2.75) is 13.5 Å². The fourth-order valence-electron chi connectivity index (χ4n) is 1.69. The minimum absolute atomic E-state index is 0.762. The Morgan fingerprint density at radius 3 is 2.71 bits per heavy atom. The van der Waals surface area contributed by atoms with Crippen molar-refractivity contribution in [1.82, 2.24) is 0 Å². The van der Waals surface area contributed by atoms with Gasteiger partial charge in [0.25, 0.3) is 0 Å². The molecule has 0 aliphatic rings. The Bertz CT molecular complexity index is 523. The predicted molar refractivity (Wildman–Crippen MR) is 77.1 cm³/mol. The van der Waals surface area contributed by atoms with Crippen molar-refractivity contribution in [3.8, 4) is 0 Å². The molecule has 2 nitrogen and oxygen atoms in total. The molecule has 0 fully saturated rings. The zero-order chi connectivity index (χ0) is 12.3. The van der Waals surface area contributed by atoms with Crippen LogP contribution in [0.2, 0.25) is 0 Å². The molecule has 0 amide bonds. The summed E-state index contributed by atoms with van der Waals surface area (Å²) in [6, 6.07) is 14.2. The molecular weight excluding hydrogens is 276 g/mol. The summed E-state index contributed by atoms with van der Waals surface area (Å²) in [5, 5.41) is 3.38. The molecule has 2 rings (SSSR count). The van der Waals surface area contributed by atoms with Crippen LogP contribution in [0.5, 0.6) is 0 Å². The predicted octanol–water partition coefficient (Wildman–Crippen LogP) is 3.95. The van der Waals surface area contributed by atoms with Gasteiger partial charge in [-0.15, -0.1) is 0 Å². The number of anilines is 2. The lowest BCUT2D eigenvalue weighted by molar-refractivity contribution is 1.14. The van der Waals surface area contributed by atoms with E-state index in [-0.39, 0.29) is 0 Å². The monoisotopic (exact) mass is 290 g/mol. The molecule has 3 heteroatoms. The molecule has 3 N–H and O–H groups in total. The fourth-order valence-corrected chi connectivity index (χ4v) is 2.23. The zero-order valence-corrected chi connectivity index (χ0v) is 11.3. The van der Waals surface area contributed by atoms with E-state index < -0.39 is 0 Å². The number of nitrogens with two attached hydrogens (primary N) is 1. The van der Waals surface area contributed by atoms with Crippen molar-refractivity contribution in [3.05, 3.63) is 58.1 Å². The molecule has 0 aromatic heterocycles. The van der Waals surface area contributed by atoms with Crippen LogP contribution in [0.3, 0.4) is 0 Å². The maximum absolute atomic E-state index is 5.70. The van der Waals surface area contributed by atoms with Crippen molar-refractivity contribution in [1.29, 1.82) is 0 Å². The van der Waals surface area contributed by atoms with Crippen LogP contribution in [-0.4, -0.2) is 0 Å². The first-order valence-corrected chi connectivity index (χ1v) is 6.29. The first-order valence-electron chi connectivity index (χ1n) is 5.49. The van der Waals surface area contributed by atoms with Crippen LogP contribution in [0.15, 0.2) is 46.9 Å². The Morgan fingerprint density at radius 2 is 2.00 bits per heavy atom. The molecule has 0 atom stereocenters. The number of nitrogens with one attached hydrogen (secondary N) is 1. The summed E-state index contributed by atoms with van der Waals surface area (Å²) in [6.45, 7) is 2.91. The summed E-state index contributed by atoms with van der Waals surface area (Å²) in [7, 11) is 0. The molecule has 2 aromatic rings. The van der Waals surface area contributed by atoms with E-state index in [4.69, 9.17) is 5.73 Å². The number of aryl methyl sites for hydroxylation is 1. The average Bonchev–Trinajstić information content (AvgIpc) is 2.28. The highest BCUT2D eigenvalue weighted by Gasteiger charge is 2.00. The molecule has 0 bridgehead atoms. The van der Waals surface area contributed by atoms with E-state index in [1.165, 1.54) is 11.1 Å². The van der Waals surface area contributed by atoms with Gasteiger partial charge in [0.2, 0.25) is 0 Å². The normalized spacial score (nSPS) is 10.2. The maximum atomic E-state index is 5.70. The molecule has 0 aliphatic carbocycles. The van der Waals surface area contributed by atoms with Crippen LogP contribution >= 0.6 is 15.9 Å². The summed E-state index contributed by atoms with van der Waals surface area (Å²) >= 11 is 3.49. The molecule has 0 aliphatic heterocycles. The minimum Gasteiger partial charge on any atom is -0.399 e.